The minimum atomic E-state index is -0.242. The molecule has 2 rings (SSSR count). The third kappa shape index (κ3) is 5.36. The van der Waals surface area contributed by atoms with Gasteiger partial charge >= 0.3 is 0 Å². The van der Waals surface area contributed by atoms with E-state index in [-0.39, 0.29) is 12.5 Å². The number of rotatable bonds is 6. The lowest BCUT2D eigenvalue weighted by atomic mass is 10.2. The van der Waals surface area contributed by atoms with Crippen molar-refractivity contribution < 1.29 is 14.3 Å². The van der Waals surface area contributed by atoms with Crippen LogP contribution in [0.15, 0.2) is 36.4 Å². The first-order valence-electron chi connectivity index (χ1n) is 7.64. The highest BCUT2D eigenvalue weighted by Gasteiger charge is 2.05. The van der Waals surface area contributed by atoms with Gasteiger partial charge in [-0.05, 0) is 49.8 Å². The van der Waals surface area contributed by atoms with Crippen molar-refractivity contribution in [3.8, 4) is 17.6 Å². The first-order valence-corrected chi connectivity index (χ1v) is 7.64. The van der Waals surface area contributed by atoms with Gasteiger partial charge in [0, 0.05) is 23.2 Å². The average molecular weight is 337 g/mol. The lowest BCUT2D eigenvalue weighted by molar-refractivity contribution is -0.111. The predicted octanol–water partition coefficient (Wildman–Crippen LogP) is 3.26. The number of hydrogen-bond acceptors (Lipinski definition) is 5. The highest BCUT2D eigenvalue weighted by atomic mass is 16.5. The normalized spacial score (nSPS) is 10.3. The maximum atomic E-state index is 12.1. The molecule has 0 aliphatic carbocycles. The van der Waals surface area contributed by atoms with Gasteiger partial charge in [0.25, 0.3) is 0 Å². The van der Waals surface area contributed by atoms with Gasteiger partial charge in [-0.1, -0.05) is 6.07 Å². The Morgan fingerprint density at radius 1 is 1.24 bits per heavy atom. The Balaban J connectivity index is 2.07. The molecule has 0 saturated heterocycles. The predicted molar refractivity (Wildman–Crippen MR) is 95.5 cm³/mol. The van der Waals surface area contributed by atoms with Gasteiger partial charge < -0.3 is 14.8 Å². The zero-order valence-electron chi connectivity index (χ0n) is 14.4. The van der Waals surface area contributed by atoms with Crippen LogP contribution >= 0.6 is 0 Å². The number of aromatic nitrogens is 1. The summed E-state index contributed by atoms with van der Waals surface area (Å²) in [5.41, 5.74) is 3.17. The van der Waals surface area contributed by atoms with Crippen LogP contribution < -0.4 is 14.8 Å². The van der Waals surface area contributed by atoms with Crippen LogP contribution in [-0.2, 0) is 4.79 Å². The summed E-state index contributed by atoms with van der Waals surface area (Å²) in [5, 5.41) is 11.4. The quantitative estimate of drug-likeness (QED) is 0.818. The van der Waals surface area contributed by atoms with Gasteiger partial charge in [0.15, 0.2) is 18.1 Å². The van der Waals surface area contributed by atoms with E-state index in [1.165, 1.54) is 13.2 Å². The second-order valence-electron chi connectivity index (χ2n) is 5.32. The monoisotopic (exact) mass is 337 g/mol. The molecule has 0 radical (unpaired) electrons. The molecule has 1 aromatic carbocycles. The number of pyridine rings is 1. The van der Waals surface area contributed by atoms with Crippen molar-refractivity contribution in [3.05, 3.63) is 53.4 Å². The fraction of sp³-hybridized carbons (Fsp3) is 0.211. The Kier molecular flexibility index (Phi) is 6.13. The van der Waals surface area contributed by atoms with Crippen molar-refractivity contribution in [2.24, 2.45) is 0 Å². The molecule has 1 aromatic heterocycles. The fourth-order valence-corrected chi connectivity index (χ4v) is 2.28. The maximum absolute atomic E-state index is 12.1. The first-order chi connectivity index (χ1) is 12.0. The Labute approximate surface area is 146 Å². The molecule has 0 saturated carbocycles. The number of anilines is 1. The van der Waals surface area contributed by atoms with Crippen molar-refractivity contribution in [2.75, 3.05) is 19.0 Å². The summed E-state index contributed by atoms with van der Waals surface area (Å²) < 4.78 is 10.5. The SMILES string of the molecule is COc1cc(C=CC(=O)Nc2cc(C)nc(C)c2)ccc1OCC#N. The molecule has 128 valence electrons. The van der Waals surface area contributed by atoms with Gasteiger partial charge in [0.05, 0.1) is 7.11 Å². The number of aryl methyl sites for hydroxylation is 2. The molecule has 1 heterocycles. The molecular formula is C19H19N3O3. The number of ether oxygens (including phenoxy) is 2. The molecule has 0 bridgehead atoms. The van der Waals surface area contributed by atoms with Gasteiger partial charge in [-0.3, -0.25) is 9.78 Å². The van der Waals surface area contributed by atoms with Crippen molar-refractivity contribution in [2.45, 2.75) is 13.8 Å². The number of amides is 1. The van der Waals surface area contributed by atoms with Crippen LogP contribution in [0.4, 0.5) is 5.69 Å². The standard InChI is InChI=1S/C19H19N3O3/c1-13-10-16(11-14(2)21-13)22-19(23)7-5-15-4-6-17(25-9-8-20)18(12-15)24-3/h4-7,10-12H,9H2,1-3H3,(H,21,22,23). The third-order valence-corrected chi connectivity index (χ3v) is 3.26. The van der Waals surface area contributed by atoms with Crippen LogP contribution in [0.3, 0.4) is 0 Å². The van der Waals surface area contributed by atoms with Gasteiger partial charge in [-0.2, -0.15) is 5.26 Å². The fourth-order valence-electron chi connectivity index (χ4n) is 2.28. The van der Waals surface area contributed by atoms with Crippen molar-refractivity contribution in [1.29, 1.82) is 5.26 Å². The molecule has 0 aliphatic rings. The van der Waals surface area contributed by atoms with E-state index in [9.17, 15) is 4.79 Å². The summed E-state index contributed by atoms with van der Waals surface area (Å²) in [4.78, 5) is 16.3. The molecule has 6 heteroatoms. The van der Waals surface area contributed by atoms with Gasteiger partial charge in [-0.25, -0.2) is 0 Å². The van der Waals surface area contributed by atoms with E-state index in [1.807, 2.05) is 32.0 Å². The zero-order valence-corrected chi connectivity index (χ0v) is 14.4. The van der Waals surface area contributed by atoms with Crippen LogP contribution in [0.1, 0.15) is 17.0 Å². The van der Waals surface area contributed by atoms with Crippen LogP contribution in [0.2, 0.25) is 0 Å². The summed E-state index contributed by atoms with van der Waals surface area (Å²) in [7, 11) is 1.52. The van der Waals surface area contributed by atoms with E-state index in [4.69, 9.17) is 14.7 Å². The van der Waals surface area contributed by atoms with E-state index in [1.54, 1.807) is 24.3 Å². The number of methoxy groups -OCH3 is 1. The Morgan fingerprint density at radius 2 is 1.96 bits per heavy atom. The highest BCUT2D eigenvalue weighted by molar-refractivity contribution is 6.02. The lowest BCUT2D eigenvalue weighted by Crippen LogP contribution is -2.08. The molecule has 2 aromatic rings. The highest BCUT2D eigenvalue weighted by Crippen LogP contribution is 2.28. The van der Waals surface area contributed by atoms with Crippen LogP contribution in [0.25, 0.3) is 6.08 Å². The minimum Gasteiger partial charge on any atom is -0.493 e. The second kappa shape index (κ2) is 8.50. The number of carbonyl (C=O) groups is 1. The summed E-state index contributed by atoms with van der Waals surface area (Å²) in [6, 6.07) is 10.7. The number of nitrogens with zero attached hydrogens (tertiary/aromatic N) is 2. The molecule has 1 N–H and O–H groups in total. The van der Waals surface area contributed by atoms with Crippen molar-refractivity contribution in [3.63, 3.8) is 0 Å². The first kappa shape index (κ1) is 18.0. The smallest absolute Gasteiger partial charge is 0.248 e. The molecule has 25 heavy (non-hydrogen) atoms. The van der Waals surface area contributed by atoms with E-state index in [0.29, 0.717) is 17.2 Å². The average Bonchev–Trinajstić information content (AvgIpc) is 2.57. The topological polar surface area (TPSA) is 84.2 Å². The van der Waals surface area contributed by atoms with E-state index >= 15 is 0 Å². The Hall–Kier alpha value is -3.33. The molecule has 1 amide bonds. The van der Waals surface area contributed by atoms with Gasteiger partial charge in [0.2, 0.25) is 5.91 Å². The lowest BCUT2D eigenvalue weighted by Gasteiger charge is -2.09. The molecule has 0 atom stereocenters. The van der Waals surface area contributed by atoms with E-state index in [2.05, 4.69) is 10.3 Å². The summed E-state index contributed by atoms with van der Waals surface area (Å²) in [5.74, 6) is 0.736. The van der Waals surface area contributed by atoms with Crippen LogP contribution in [-0.4, -0.2) is 24.6 Å². The summed E-state index contributed by atoms with van der Waals surface area (Å²) in [6.45, 7) is 3.69. The van der Waals surface area contributed by atoms with E-state index in [0.717, 1.165) is 17.0 Å². The van der Waals surface area contributed by atoms with Crippen molar-refractivity contribution >= 4 is 17.7 Å². The Bertz CT molecular complexity index is 818. The number of nitrogens with one attached hydrogen (secondary N) is 1. The molecular weight excluding hydrogens is 318 g/mol. The van der Waals surface area contributed by atoms with Crippen LogP contribution in [0, 0.1) is 25.2 Å². The van der Waals surface area contributed by atoms with Crippen molar-refractivity contribution in [1.82, 2.24) is 4.98 Å². The molecule has 0 spiro atoms. The number of hydrogen-bond donors (Lipinski definition) is 1. The second-order valence-corrected chi connectivity index (χ2v) is 5.32. The molecule has 6 nitrogen and oxygen atoms in total. The number of nitriles is 1. The van der Waals surface area contributed by atoms with E-state index < -0.39 is 0 Å². The van der Waals surface area contributed by atoms with Crippen LogP contribution in [0.5, 0.6) is 11.5 Å². The summed E-state index contributed by atoms with van der Waals surface area (Å²) >= 11 is 0. The molecule has 0 fully saturated rings. The minimum absolute atomic E-state index is 0.0568. The number of carbonyl (C=O) groups excluding carboxylic acids is 1. The third-order valence-electron chi connectivity index (χ3n) is 3.26. The molecule has 0 aliphatic heterocycles. The van der Waals surface area contributed by atoms with Gasteiger partial charge in [0.1, 0.15) is 6.07 Å². The zero-order chi connectivity index (χ0) is 18.2. The maximum Gasteiger partial charge on any atom is 0.248 e. The van der Waals surface area contributed by atoms with Gasteiger partial charge in [-0.15, -0.1) is 0 Å². The number of benzene rings is 1. The largest absolute Gasteiger partial charge is 0.493 e. The molecule has 0 unspecified atom stereocenters. The Morgan fingerprint density at radius 3 is 2.60 bits per heavy atom. The summed E-state index contributed by atoms with van der Waals surface area (Å²) in [6.07, 6.45) is 3.11.